The summed E-state index contributed by atoms with van der Waals surface area (Å²) in [5, 5.41) is 0. The van der Waals surface area contributed by atoms with Crippen molar-refractivity contribution < 1.29 is 8.78 Å². The normalized spacial score (nSPS) is 33.6. The average molecular weight is 205 g/mol. The molecule has 14 heavy (non-hydrogen) atoms. The highest BCUT2D eigenvalue weighted by Gasteiger charge is 2.38. The minimum Gasteiger partial charge on any atom is -0.325 e. The molecular formula is C9H17F2N3. The third-order valence-corrected chi connectivity index (χ3v) is 3.20. The lowest BCUT2D eigenvalue weighted by atomic mass is 10.1. The van der Waals surface area contributed by atoms with E-state index in [1.54, 1.807) is 0 Å². The number of nitrogens with two attached hydrogens (primary N) is 1. The van der Waals surface area contributed by atoms with Gasteiger partial charge in [0.25, 0.3) is 5.92 Å². The van der Waals surface area contributed by atoms with Gasteiger partial charge in [-0.15, -0.1) is 0 Å². The molecule has 0 aromatic heterocycles. The van der Waals surface area contributed by atoms with E-state index in [1.165, 1.54) is 0 Å². The van der Waals surface area contributed by atoms with Gasteiger partial charge in [0, 0.05) is 25.7 Å². The molecule has 2 aliphatic rings. The van der Waals surface area contributed by atoms with E-state index in [1.807, 2.05) is 4.90 Å². The minimum atomic E-state index is -2.72. The highest BCUT2D eigenvalue weighted by Crippen LogP contribution is 2.23. The van der Waals surface area contributed by atoms with Crippen molar-refractivity contribution in [3.05, 3.63) is 0 Å². The summed E-state index contributed by atoms with van der Waals surface area (Å²) in [6.07, 6.45) is 1.03. The van der Waals surface area contributed by atoms with Crippen LogP contribution >= 0.6 is 0 Å². The van der Waals surface area contributed by atoms with Crippen molar-refractivity contribution in [3.8, 4) is 0 Å². The number of alkyl halides is 2. The molecule has 0 spiro atoms. The maximum absolute atomic E-state index is 13.1. The summed E-state index contributed by atoms with van der Waals surface area (Å²) in [4.78, 5) is 4.23. The minimum absolute atomic E-state index is 0.165. The molecule has 5 heteroatoms. The molecule has 0 radical (unpaired) electrons. The summed E-state index contributed by atoms with van der Waals surface area (Å²) < 4.78 is 26.2. The van der Waals surface area contributed by atoms with Crippen LogP contribution in [0.5, 0.6) is 0 Å². The third-order valence-electron chi connectivity index (χ3n) is 3.20. The van der Waals surface area contributed by atoms with Crippen LogP contribution in [0.2, 0.25) is 0 Å². The number of nitrogens with zero attached hydrogens (tertiary/aromatic N) is 2. The molecule has 2 heterocycles. The van der Waals surface area contributed by atoms with Gasteiger partial charge >= 0.3 is 0 Å². The molecule has 2 saturated heterocycles. The van der Waals surface area contributed by atoms with Gasteiger partial charge in [-0.1, -0.05) is 0 Å². The Labute approximate surface area is 82.8 Å². The van der Waals surface area contributed by atoms with Crippen LogP contribution in [0, 0.1) is 0 Å². The number of fused-ring (bicyclic) bond motifs is 2. The summed E-state index contributed by atoms with van der Waals surface area (Å²) in [5.74, 6) is -2.72. The van der Waals surface area contributed by atoms with Crippen LogP contribution in [0.3, 0.4) is 0 Å². The Morgan fingerprint density at radius 2 is 2.07 bits per heavy atom. The van der Waals surface area contributed by atoms with E-state index in [-0.39, 0.29) is 6.54 Å². The van der Waals surface area contributed by atoms with Crippen molar-refractivity contribution in [2.75, 3.05) is 39.3 Å². The number of hydrogen-bond donors (Lipinski definition) is 1. The Bertz CT molecular complexity index is 210. The fourth-order valence-corrected chi connectivity index (χ4v) is 2.34. The predicted molar refractivity (Wildman–Crippen MR) is 50.4 cm³/mol. The van der Waals surface area contributed by atoms with E-state index in [2.05, 4.69) is 4.90 Å². The summed E-state index contributed by atoms with van der Waals surface area (Å²) in [5.41, 5.74) is 5.03. The molecule has 2 N–H and O–H groups in total. The van der Waals surface area contributed by atoms with E-state index in [0.717, 1.165) is 32.6 Å². The van der Waals surface area contributed by atoms with Gasteiger partial charge < -0.3 is 10.6 Å². The molecule has 2 bridgehead atoms. The summed E-state index contributed by atoms with van der Waals surface area (Å²) in [6.45, 7) is 3.01. The zero-order valence-corrected chi connectivity index (χ0v) is 8.25. The second-order valence-electron chi connectivity index (χ2n) is 4.27. The molecule has 2 fully saturated rings. The standard InChI is InChI=1S/C9H17F2N3/c10-9(11,6-12)7-14-4-3-13-2-1-8(14)5-13/h8H,1-7,12H2. The second-order valence-corrected chi connectivity index (χ2v) is 4.27. The topological polar surface area (TPSA) is 32.5 Å². The Hall–Kier alpha value is -0.260. The molecule has 0 aromatic carbocycles. The van der Waals surface area contributed by atoms with Gasteiger partial charge in [-0.2, -0.15) is 0 Å². The predicted octanol–water partition coefficient (Wildman–Crippen LogP) is -0.0297. The lowest BCUT2D eigenvalue weighted by Crippen LogP contribution is -2.52. The van der Waals surface area contributed by atoms with E-state index < -0.39 is 12.5 Å². The fourth-order valence-electron chi connectivity index (χ4n) is 2.34. The average Bonchev–Trinajstić information content (AvgIpc) is 2.54. The van der Waals surface area contributed by atoms with Gasteiger partial charge in [0.15, 0.2) is 0 Å². The maximum Gasteiger partial charge on any atom is 0.272 e. The SMILES string of the molecule is NCC(F)(F)CN1CCN2CCC1C2. The Morgan fingerprint density at radius 3 is 2.79 bits per heavy atom. The van der Waals surface area contributed by atoms with Gasteiger partial charge in [0.05, 0.1) is 13.1 Å². The lowest BCUT2D eigenvalue weighted by Gasteiger charge is -2.36. The van der Waals surface area contributed by atoms with Crippen molar-refractivity contribution in [3.63, 3.8) is 0 Å². The van der Waals surface area contributed by atoms with E-state index in [9.17, 15) is 8.78 Å². The number of rotatable bonds is 3. The first-order valence-electron chi connectivity index (χ1n) is 5.15. The maximum atomic E-state index is 13.1. The van der Waals surface area contributed by atoms with E-state index in [4.69, 9.17) is 5.73 Å². The molecular weight excluding hydrogens is 188 g/mol. The highest BCUT2D eigenvalue weighted by molar-refractivity contribution is 4.90. The first kappa shape index (κ1) is 10.3. The Morgan fingerprint density at radius 1 is 1.29 bits per heavy atom. The Balaban J connectivity index is 1.92. The van der Waals surface area contributed by atoms with Gasteiger partial charge in [-0.3, -0.25) is 4.90 Å². The molecule has 2 atom stereocenters. The van der Waals surface area contributed by atoms with Crippen molar-refractivity contribution >= 4 is 0 Å². The smallest absolute Gasteiger partial charge is 0.272 e. The molecule has 2 aliphatic heterocycles. The fraction of sp³-hybridized carbons (Fsp3) is 1.00. The van der Waals surface area contributed by atoms with Crippen molar-refractivity contribution in [2.45, 2.75) is 18.4 Å². The molecule has 2 rings (SSSR count). The van der Waals surface area contributed by atoms with Crippen LogP contribution in [-0.2, 0) is 0 Å². The second kappa shape index (κ2) is 3.72. The van der Waals surface area contributed by atoms with Crippen molar-refractivity contribution in [1.82, 2.24) is 9.80 Å². The van der Waals surface area contributed by atoms with Crippen LogP contribution in [-0.4, -0.2) is 61.0 Å². The van der Waals surface area contributed by atoms with Crippen molar-refractivity contribution in [2.24, 2.45) is 5.73 Å². The largest absolute Gasteiger partial charge is 0.325 e. The summed E-state index contributed by atoms with van der Waals surface area (Å²) in [7, 11) is 0. The van der Waals surface area contributed by atoms with E-state index >= 15 is 0 Å². The summed E-state index contributed by atoms with van der Waals surface area (Å²) >= 11 is 0. The van der Waals surface area contributed by atoms with Crippen LogP contribution in [0.25, 0.3) is 0 Å². The first-order valence-corrected chi connectivity index (χ1v) is 5.15. The molecule has 0 saturated carbocycles. The lowest BCUT2D eigenvalue weighted by molar-refractivity contribution is -0.0399. The Kier molecular flexibility index (Phi) is 2.72. The molecule has 0 amide bonds. The van der Waals surface area contributed by atoms with Crippen LogP contribution in [0.15, 0.2) is 0 Å². The van der Waals surface area contributed by atoms with E-state index in [0.29, 0.717) is 6.04 Å². The molecule has 3 nitrogen and oxygen atoms in total. The van der Waals surface area contributed by atoms with Crippen LogP contribution < -0.4 is 5.73 Å². The molecule has 2 unspecified atom stereocenters. The molecule has 82 valence electrons. The number of hydrogen-bond acceptors (Lipinski definition) is 3. The van der Waals surface area contributed by atoms with Gasteiger partial charge in [-0.05, 0) is 13.0 Å². The van der Waals surface area contributed by atoms with Gasteiger partial charge in [-0.25, -0.2) is 8.78 Å². The molecule has 0 aromatic rings. The van der Waals surface area contributed by atoms with Gasteiger partial charge in [0.2, 0.25) is 0 Å². The monoisotopic (exact) mass is 205 g/mol. The molecule has 0 aliphatic carbocycles. The first-order chi connectivity index (χ1) is 6.61. The quantitative estimate of drug-likeness (QED) is 0.702. The summed E-state index contributed by atoms with van der Waals surface area (Å²) in [6, 6.07) is 0.334. The number of piperazine rings is 1. The van der Waals surface area contributed by atoms with Crippen LogP contribution in [0.4, 0.5) is 8.78 Å². The van der Waals surface area contributed by atoms with Crippen LogP contribution in [0.1, 0.15) is 6.42 Å². The number of halogens is 2. The third kappa shape index (κ3) is 2.04. The highest BCUT2D eigenvalue weighted by atomic mass is 19.3. The zero-order chi connectivity index (χ0) is 10.2. The van der Waals surface area contributed by atoms with Crippen molar-refractivity contribution in [1.29, 1.82) is 0 Å². The zero-order valence-electron chi connectivity index (χ0n) is 8.25. The van der Waals surface area contributed by atoms with Gasteiger partial charge in [0.1, 0.15) is 0 Å².